The molecule has 0 spiro atoms. The van der Waals surface area contributed by atoms with Crippen molar-refractivity contribution in [2.75, 3.05) is 18.4 Å². The maximum Gasteiger partial charge on any atom is 0.227 e. The van der Waals surface area contributed by atoms with E-state index in [-0.39, 0.29) is 21.1 Å². The second kappa shape index (κ2) is 5.48. The van der Waals surface area contributed by atoms with E-state index in [1.54, 1.807) is 22.6 Å². The van der Waals surface area contributed by atoms with Crippen LogP contribution in [-0.4, -0.2) is 19.0 Å². The van der Waals surface area contributed by atoms with E-state index in [9.17, 15) is 13.6 Å². The van der Waals surface area contributed by atoms with E-state index in [4.69, 9.17) is 0 Å². The quantitative estimate of drug-likeness (QED) is 0.637. The summed E-state index contributed by atoms with van der Waals surface area (Å²) in [6, 6.07) is 2.27. The molecule has 0 radical (unpaired) electrons. The summed E-state index contributed by atoms with van der Waals surface area (Å²) in [5.41, 5.74) is 0.162. The molecule has 1 heterocycles. The van der Waals surface area contributed by atoms with Crippen LogP contribution in [-0.2, 0) is 4.79 Å². The predicted octanol–water partition coefficient (Wildman–Crippen LogP) is 2.36. The van der Waals surface area contributed by atoms with E-state index in [1.165, 1.54) is 0 Å². The van der Waals surface area contributed by atoms with Gasteiger partial charge in [-0.1, -0.05) is 6.92 Å². The Bertz CT molecular complexity index is 454. The molecule has 1 saturated heterocycles. The molecule has 1 fully saturated rings. The summed E-state index contributed by atoms with van der Waals surface area (Å²) in [6.07, 6.45) is 0. The lowest BCUT2D eigenvalue weighted by Crippen LogP contribution is -2.48. The first-order valence-corrected chi connectivity index (χ1v) is 6.73. The molecule has 0 saturated carbocycles. The number of anilines is 1. The Morgan fingerprint density at radius 3 is 2.44 bits per heavy atom. The van der Waals surface area contributed by atoms with E-state index in [2.05, 4.69) is 10.6 Å². The van der Waals surface area contributed by atoms with Crippen molar-refractivity contribution in [3.8, 4) is 0 Å². The van der Waals surface area contributed by atoms with Gasteiger partial charge in [-0.3, -0.25) is 4.79 Å². The van der Waals surface area contributed by atoms with Crippen LogP contribution < -0.4 is 10.6 Å². The molecule has 1 aromatic rings. The molecule has 0 aliphatic carbocycles. The van der Waals surface area contributed by atoms with E-state index in [0.717, 1.165) is 25.2 Å². The summed E-state index contributed by atoms with van der Waals surface area (Å²) in [4.78, 5) is 11.9. The van der Waals surface area contributed by atoms with Gasteiger partial charge in [0.2, 0.25) is 5.91 Å². The molecule has 1 amide bonds. The normalized spacial score (nSPS) is 17.1. The van der Waals surface area contributed by atoms with Crippen LogP contribution in [0, 0.1) is 27.0 Å². The first kappa shape index (κ1) is 13.7. The molecule has 6 heteroatoms. The molecular weight excluding hydrogens is 353 g/mol. The molecule has 2 rings (SSSR count). The Morgan fingerprint density at radius 1 is 1.44 bits per heavy atom. The van der Waals surface area contributed by atoms with Gasteiger partial charge in [0, 0.05) is 11.6 Å². The molecule has 1 unspecified atom stereocenters. The van der Waals surface area contributed by atoms with Gasteiger partial charge in [-0.2, -0.15) is 0 Å². The van der Waals surface area contributed by atoms with Crippen LogP contribution in [0.5, 0.6) is 0 Å². The average Bonchev–Trinajstić information content (AvgIpc) is 2.23. The van der Waals surface area contributed by atoms with Crippen LogP contribution in [0.3, 0.4) is 0 Å². The van der Waals surface area contributed by atoms with E-state index >= 15 is 0 Å². The fourth-order valence-electron chi connectivity index (χ4n) is 1.76. The number of hydrogen-bond acceptors (Lipinski definition) is 2. The zero-order valence-electron chi connectivity index (χ0n) is 9.77. The van der Waals surface area contributed by atoms with E-state index in [0.29, 0.717) is 5.92 Å². The highest BCUT2D eigenvalue weighted by atomic mass is 127. The Hall–Kier alpha value is -0.760. The SMILES string of the molecule is CC(C(=O)Nc1cc(F)c(I)c(F)c1)C1CNC1. The van der Waals surface area contributed by atoms with Gasteiger partial charge < -0.3 is 10.6 Å². The van der Waals surface area contributed by atoms with Crippen LogP contribution >= 0.6 is 22.6 Å². The highest BCUT2D eigenvalue weighted by molar-refractivity contribution is 14.1. The lowest BCUT2D eigenvalue weighted by Gasteiger charge is -2.31. The van der Waals surface area contributed by atoms with Crippen molar-refractivity contribution in [3.63, 3.8) is 0 Å². The third-order valence-electron chi connectivity index (χ3n) is 3.19. The van der Waals surface area contributed by atoms with Gasteiger partial charge in [0.05, 0.1) is 3.57 Å². The van der Waals surface area contributed by atoms with E-state index < -0.39 is 11.6 Å². The smallest absolute Gasteiger partial charge is 0.227 e. The van der Waals surface area contributed by atoms with Gasteiger partial charge in [0.1, 0.15) is 11.6 Å². The molecule has 0 bridgehead atoms. The Labute approximate surface area is 117 Å². The highest BCUT2D eigenvalue weighted by Gasteiger charge is 2.28. The van der Waals surface area contributed by atoms with Gasteiger partial charge in [-0.15, -0.1) is 0 Å². The van der Waals surface area contributed by atoms with Gasteiger partial charge in [0.25, 0.3) is 0 Å². The van der Waals surface area contributed by atoms with Crippen molar-refractivity contribution >= 4 is 34.2 Å². The van der Waals surface area contributed by atoms with Crippen LogP contribution in [0.2, 0.25) is 0 Å². The second-order valence-electron chi connectivity index (χ2n) is 4.45. The van der Waals surface area contributed by atoms with Crippen LogP contribution in [0.15, 0.2) is 12.1 Å². The van der Waals surface area contributed by atoms with Gasteiger partial charge >= 0.3 is 0 Å². The van der Waals surface area contributed by atoms with Gasteiger partial charge in [-0.25, -0.2) is 8.78 Å². The summed E-state index contributed by atoms with van der Waals surface area (Å²) >= 11 is 1.59. The summed E-state index contributed by atoms with van der Waals surface area (Å²) in [5.74, 6) is -1.41. The zero-order chi connectivity index (χ0) is 13.3. The Morgan fingerprint density at radius 2 is 2.00 bits per heavy atom. The molecule has 2 N–H and O–H groups in total. The molecule has 1 aliphatic heterocycles. The number of hydrogen-bond donors (Lipinski definition) is 2. The number of amides is 1. The van der Waals surface area contributed by atoms with Crippen molar-refractivity contribution in [2.24, 2.45) is 11.8 Å². The lowest BCUT2D eigenvalue weighted by molar-refractivity contribution is -0.121. The number of rotatable bonds is 3. The number of nitrogens with one attached hydrogen (secondary N) is 2. The fraction of sp³-hybridized carbons (Fsp3) is 0.417. The lowest BCUT2D eigenvalue weighted by atomic mass is 9.88. The van der Waals surface area contributed by atoms with Crippen LogP contribution in [0.25, 0.3) is 0 Å². The monoisotopic (exact) mass is 366 g/mol. The minimum Gasteiger partial charge on any atom is -0.326 e. The van der Waals surface area contributed by atoms with Crippen molar-refractivity contribution in [1.29, 1.82) is 0 Å². The number of carbonyl (C=O) groups excluding carboxylic acids is 1. The summed E-state index contributed by atoms with van der Waals surface area (Å²) in [7, 11) is 0. The minimum absolute atomic E-state index is 0.0677. The van der Waals surface area contributed by atoms with Crippen molar-refractivity contribution in [1.82, 2.24) is 5.32 Å². The third-order valence-corrected chi connectivity index (χ3v) is 4.22. The molecule has 1 atom stereocenters. The van der Waals surface area contributed by atoms with Crippen LogP contribution in [0.1, 0.15) is 6.92 Å². The van der Waals surface area contributed by atoms with Crippen molar-refractivity contribution in [3.05, 3.63) is 27.3 Å². The minimum atomic E-state index is -0.663. The zero-order valence-corrected chi connectivity index (χ0v) is 11.9. The number of halogens is 3. The molecular formula is C12H13F2IN2O. The highest BCUT2D eigenvalue weighted by Crippen LogP contribution is 2.22. The topological polar surface area (TPSA) is 41.1 Å². The van der Waals surface area contributed by atoms with Gasteiger partial charge in [-0.05, 0) is 53.7 Å². The Balaban J connectivity index is 2.06. The predicted molar refractivity (Wildman–Crippen MR) is 73.2 cm³/mol. The third kappa shape index (κ3) is 2.80. The maximum absolute atomic E-state index is 13.3. The first-order chi connectivity index (χ1) is 8.49. The second-order valence-corrected chi connectivity index (χ2v) is 5.53. The largest absolute Gasteiger partial charge is 0.326 e. The molecule has 98 valence electrons. The summed E-state index contributed by atoms with van der Waals surface area (Å²) < 4.78 is 26.6. The summed E-state index contributed by atoms with van der Waals surface area (Å²) in [6.45, 7) is 3.44. The van der Waals surface area contributed by atoms with E-state index in [1.807, 2.05) is 6.92 Å². The van der Waals surface area contributed by atoms with Crippen molar-refractivity contribution < 1.29 is 13.6 Å². The van der Waals surface area contributed by atoms with Gasteiger partial charge in [0.15, 0.2) is 0 Å². The van der Waals surface area contributed by atoms with Crippen LogP contribution in [0.4, 0.5) is 14.5 Å². The molecule has 1 aliphatic rings. The van der Waals surface area contributed by atoms with Crippen molar-refractivity contribution in [2.45, 2.75) is 6.92 Å². The Kier molecular flexibility index (Phi) is 4.16. The first-order valence-electron chi connectivity index (χ1n) is 5.65. The summed E-state index contributed by atoms with van der Waals surface area (Å²) in [5, 5.41) is 5.64. The number of carbonyl (C=O) groups is 1. The average molecular weight is 366 g/mol. The molecule has 18 heavy (non-hydrogen) atoms. The fourth-order valence-corrected chi connectivity index (χ4v) is 2.07. The maximum atomic E-state index is 13.3. The number of benzene rings is 1. The molecule has 0 aromatic heterocycles. The molecule has 3 nitrogen and oxygen atoms in total. The standard InChI is InChI=1S/C12H13F2IN2O/c1-6(7-4-16-5-7)12(18)17-8-2-9(13)11(15)10(14)3-8/h2-3,6-7,16H,4-5H2,1H3,(H,17,18). The molecule has 1 aromatic carbocycles.